The van der Waals surface area contributed by atoms with Crippen molar-refractivity contribution in [2.24, 2.45) is 11.3 Å². The highest BCUT2D eigenvalue weighted by Crippen LogP contribution is 2.36. The number of benzene rings is 2. The predicted molar refractivity (Wildman–Crippen MR) is 187 cm³/mol. The molecule has 16 nitrogen and oxygen atoms in total. The van der Waals surface area contributed by atoms with Crippen LogP contribution in [0.2, 0.25) is 0 Å². The first kappa shape index (κ1) is 39.0. The molecule has 2 amide bonds. The molecule has 292 valence electrons. The zero-order valence-electron chi connectivity index (χ0n) is 30.0. The smallest absolute Gasteiger partial charge is 0.407 e. The minimum atomic E-state index is -4.22. The number of sulfonamides is 1. The average molecular weight is 764 g/mol. The molecular formula is C36H49N3O13S. The summed E-state index contributed by atoms with van der Waals surface area (Å²) in [6.45, 7) is 5.16. The summed E-state index contributed by atoms with van der Waals surface area (Å²) in [5, 5.41) is 17.4. The van der Waals surface area contributed by atoms with E-state index in [-0.39, 0.29) is 63.7 Å². The molecule has 3 fully saturated rings. The van der Waals surface area contributed by atoms with Gasteiger partial charge < -0.3 is 53.6 Å². The average Bonchev–Trinajstić information content (AvgIpc) is 3.89. The van der Waals surface area contributed by atoms with Crippen LogP contribution >= 0.6 is 0 Å². The van der Waals surface area contributed by atoms with Crippen LogP contribution in [0.25, 0.3) is 0 Å². The number of nitrogens with one attached hydrogen (secondary N) is 2. The van der Waals surface area contributed by atoms with E-state index < -0.39 is 58.3 Å². The van der Waals surface area contributed by atoms with Crippen LogP contribution in [0.4, 0.5) is 9.59 Å². The van der Waals surface area contributed by atoms with Crippen LogP contribution in [-0.2, 0) is 44.9 Å². The molecule has 4 heterocycles. The lowest BCUT2D eigenvalue weighted by Crippen LogP contribution is -2.52. The van der Waals surface area contributed by atoms with Crippen molar-refractivity contribution < 1.29 is 61.0 Å². The molecular weight excluding hydrogens is 714 g/mol. The van der Waals surface area contributed by atoms with Gasteiger partial charge >= 0.3 is 12.2 Å². The Bertz CT molecular complexity index is 1640. The first-order valence-electron chi connectivity index (χ1n) is 17.9. The normalized spacial score (nSPS) is 22.6. The Morgan fingerprint density at radius 3 is 2.55 bits per heavy atom. The summed E-state index contributed by atoms with van der Waals surface area (Å²) in [4.78, 5) is 25.5. The Labute approximate surface area is 309 Å². The van der Waals surface area contributed by atoms with E-state index in [1.165, 1.54) is 22.5 Å². The van der Waals surface area contributed by atoms with Crippen molar-refractivity contribution in [3.8, 4) is 11.5 Å². The fourth-order valence-electron chi connectivity index (χ4n) is 6.83. The SMILES string of the molecule is CC(C)(CCCNC(=O)OC1COCOC1)CN(C[C@@H](O)[C@H](Cc1ccccc1)NC(=O)O[C@H]1CO[C@H]2OCC[C@H]21)S(=O)(=O)c1ccc2c(c1)OCO2. The summed E-state index contributed by atoms with van der Waals surface area (Å²) in [5.41, 5.74) is 0.203. The standard InChI is InChI=1S/C36H49N3O13S/c1-36(2,12-6-13-37-34(41)51-25-18-45-22-46-19-25)21-39(53(43,44)26-9-10-30-31(16-26)50-23-49-30)17-29(40)28(15-24-7-4-3-5-8-24)38-35(42)52-32-20-48-33-27(32)11-14-47-33/h3-5,7-10,16,25,27-29,32-33,40H,6,11-15,17-23H2,1-2H3,(H,37,41)(H,38,42)/t27-,28-,29+,32-,33+/m0/s1. The molecule has 2 aromatic carbocycles. The molecule has 17 heteroatoms. The van der Waals surface area contributed by atoms with E-state index >= 15 is 0 Å². The number of fused-ring (bicyclic) bond motifs is 2. The van der Waals surface area contributed by atoms with Crippen LogP contribution in [0, 0.1) is 11.3 Å². The van der Waals surface area contributed by atoms with Crippen molar-refractivity contribution in [1.29, 1.82) is 0 Å². The summed E-state index contributed by atoms with van der Waals surface area (Å²) in [6.07, 6.45) is -2.16. The first-order chi connectivity index (χ1) is 25.5. The van der Waals surface area contributed by atoms with Crippen LogP contribution < -0.4 is 20.1 Å². The molecule has 0 radical (unpaired) electrons. The molecule has 4 aliphatic rings. The van der Waals surface area contributed by atoms with E-state index in [1.807, 2.05) is 44.2 Å². The molecule has 3 saturated heterocycles. The van der Waals surface area contributed by atoms with Crippen LogP contribution in [0.1, 0.15) is 38.7 Å². The topological polar surface area (TPSA) is 190 Å². The van der Waals surface area contributed by atoms with E-state index in [0.717, 1.165) is 5.56 Å². The Morgan fingerprint density at radius 2 is 1.75 bits per heavy atom. The fourth-order valence-corrected chi connectivity index (χ4v) is 8.50. The van der Waals surface area contributed by atoms with Crippen molar-refractivity contribution in [1.82, 2.24) is 14.9 Å². The van der Waals surface area contributed by atoms with Gasteiger partial charge in [0.05, 0.1) is 49.4 Å². The van der Waals surface area contributed by atoms with Crippen molar-refractivity contribution in [2.75, 3.05) is 59.6 Å². The summed E-state index contributed by atoms with van der Waals surface area (Å²) < 4.78 is 73.4. The van der Waals surface area contributed by atoms with Gasteiger partial charge in [-0.15, -0.1) is 0 Å². The molecule has 0 aromatic heterocycles. The van der Waals surface area contributed by atoms with Gasteiger partial charge in [0, 0.05) is 25.7 Å². The van der Waals surface area contributed by atoms with Gasteiger partial charge in [0.2, 0.25) is 16.8 Å². The Kier molecular flexibility index (Phi) is 13.0. The fraction of sp³-hybridized carbons (Fsp3) is 0.611. The first-order valence-corrected chi connectivity index (χ1v) is 19.3. The summed E-state index contributed by atoms with van der Waals surface area (Å²) >= 11 is 0. The second-order valence-corrected chi connectivity index (χ2v) is 16.3. The largest absolute Gasteiger partial charge is 0.454 e. The van der Waals surface area contributed by atoms with Gasteiger partial charge in [0.15, 0.2) is 23.9 Å². The predicted octanol–water partition coefficient (Wildman–Crippen LogP) is 2.77. The third-order valence-corrected chi connectivity index (χ3v) is 11.4. The highest BCUT2D eigenvalue weighted by molar-refractivity contribution is 7.89. The number of rotatable bonds is 16. The molecule has 2 aromatic rings. The van der Waals surface area contributed by atoms with Gasteiger partial charge in [-0.3, -0.25) is 0 Å². The summed E-state index contributed by atoms with van der Waals surface area (Å²) in [7, 11) is -4.22. The van der Waals surface area contributed by atoms with E-state index in [1.54, 1.807) is 0 Å². The quantitative estimate of drug-likeness (QED) is 0.212. The Morgan fingerprint density at radius 1 is 0.981 bits per heavy atom. The van der Waals surface area contributed by atoms with Crippen LogP contribution in [-0.4, -0.2) is 120 Å². The number of hydrogen-bond acceptors (Lipinski definition) is 13. The van der Waals surface area contributed by atoms with Gasteiger partial charge in [-0.25, -0.2) is 18.0 Å². The maximum atomic E-state index is 14.4. The number of nitrogens with zero attached hydrogens (tertiary/aromatic N) is 1. The van der Waals surface area contributed by atoms with E-state index in [0.29, 0.717) is 43.9 Å². The Hall–Kier alpha value is -3.71. The van der Waals surface area contributed by atoms with Gasteiger partial charge in [-0.2, -0.15) is 4.31 Å². The lowest BCUT2D eigenvalue weighted by atomic mass is 9.87. The number of aliphatic hydroxyl groups excluding tert-OH is 1. The number of amides is 2. The van der Waals surface area contributed by atoms with Crippen molar-refractivity contribution >= 4 is 22.2 Å². The lowest BCUT2D eigenvalue weighted by Gasteiger charge is -2.35. The molecule has 5 atom stereocenters. The Balaban J connectivity index is 1.15. The zero-order valence-corrected chi connectivity index (χ0v) is 30.8. The highest BCUT2D eigenvalue weighted by atomic mass is 32.2. The van der Waals surface area contributed by atoms with E-state index in [2.05, 4.69) is 10.6 Å². The van der Waals surface area contributed by atoms with Crippen LogP contribution in [0.3, 0.4) is 0 Å². The van der Waals surface area contributed by atoms with Gasteiger partial charge in [-0.05, 0) is 48.8 Å². The summed E-state index contributed by atoms with van der Waals surface area (Å²) in [5.74, 6) is 0.649. The van der Waals surface area contributed by atoms with Gasteiger partial charge in [0.25, 0.3) is 0 Å². The monoisotopic (exact) mass is 763 g/mol. The van der Waals surface area contributed by atoms with E-state index in [9.17, 15) is 23.1 Å². The number of alkyl carbamates (subject to hydrolysis) is 2. The third kappa shape index (κ3) is 10.5. The van der Waals surface area contributed by atoms with Gasteiger partial charge in [-0.1, -0.05) is 44.2 Å². The highest BCUT2D eigenvalue weighted by Gasteiger charge is 2.44. The lowest BCUT2D eigenvalue weighted by molar-refractivity contribution is -0.151. The maximum Gasteiger partial charge on any atom is 0.407 e. The second-order valence-electron chi connectivity index (χ2n) is 14.4. The van der Waals surface area contributed by atoms with Crippen molar-refractivity contribution in [3.63, 3.8) is 0 Å². The molecule has 0 unspecified atom stereocenters. The molecule has 0 bridgehead atoms. The molecule has 53 heavy (non-hydrogen) atoms. The molecule has 4 aliphatic heterocycles. The van der Waals surface area contributed by atoms with Crippen molar-refractivity contribution in [3.05, 3.63) is 54.1 Å². The molecule has 6 rings (SSSR count). The zero-order chi connectivity index (χ0) is 37.4. The molecule has 0 saturated carbocycles. The number of ether oxygens (including phenoxy) is 8. The van der Waals surface area contributed by atoms with Crippen molar-refractivity contribution in [2.45, 2.75) is 75.1 Å². The van der Waals surface area contributed by atoms with Crippen LogP contribution in [0.5, 0.6) is 11.5 Å². The number of hydrogen-bond donors (Lipinski definition) is 3. The number of carbonyl (C=O) groups is 2. The number of aliphatic hydroxyl groups is 1. The minimum Gasteiger partial charge on any atom is -0.454 e. The minimum absolute atomic E-state index is 0.00696. The molecule has 0 aliphatic carbocycles. The maximum absolute atomic E-state index is 14.4. The second kappa shape index (κ2) is 17.6. The molecule has 0 spiro atoms. The van der Waals surface area contributed by atoms with E-state index in [4.69, 9.17) is 37.9 Å². The van der Waals surface area contributed by atoms with Crippen LogP contribution in [0.15, 0.2) is 53.4 Å². The summed E-state index contributed by atoms with van der Waals surface area (Å²) in [6, 6.07) is 12.7. The van der Waals surface area contributed by atoms with Gasteiger partial charge in [0.1, 0.15) is 12.9 Å². The third-order valence-electron chi connectivity index (χ3n) is 9.63. The number of carbonyl (C=O) groups excluding carboxylic acids is 2. The molecule has 3 N–H and O–H groups in total.